The molecule has 2 heterocycles. The average Bonchev–Trinajstić information content (AvgIpc) is 2.99. The highest BCUT2D eigenvalue weighted by Crippen LogP contribution is 2.46. The fourth-order valence-electron chi connectivity index (χ4n) is 6.58. The summed E-state index contributed by atoms with van der Waals surface area (Å²) in [5.41, 5.74) is 0.419. The van der Waals surface area contributed by atoms with Crippen LogP contribution in [0.4, 0.5) is 4.79 Å². The van der Waals surface area contributed by atoms with Crippen LogP contribution in [0.15, 0.2) is 30.3 Å². The summed E-state index contributed by atoms with van der Waals surface area (Å²) < 4.78 is 0. The van der Waals surface area contributed by atoms with E-state index in [0.29, 0.717) is 31.3 Å². The molecule has 0 radical (unpaired) electrons. The molecule has 0 bridgehead atoms. The van der Waals surface area contributed by atoms with Crippen LogP contribution in [-0.4, -0.2) is 84.4 Å². The van der Waals surface area contributed by atoms with Gasteiger partial charge in [-0.05, 0) is 49.6 Å². The molecule has 2 N–H and O–H groups in total. The standard InChI is InChI=1S/C27H41N5O3/c1-20-15-26(2,3)19-27(16-20)24(34)32(25(35)29-27)18-23(33)28-11-8-12-31-14-13-30(4)17-22(31)21-9-6-5-7-10-21/h5-7,9-10,20,22H,8,11-19H2,1-4H3,(H,28,33)(H,29,35). The van der Waals surface area contributed by atoms with E-state index >= 15 is 0 Å². The maximum absolute atomic E-state index is 13.2. The second kappa shape index (κ2) is 10.3. The van der Waals surface area contributed by atoms with E-state index < -0.39 is 11.6 Å². The van der Waals surface area contributed by atoms with Gasteiger partial charge in [-0.3, -0.25) is 19.4 Å². The Morgan fingerprint density at radius 3 is 2.60 bits per heavy atom. The van der Waals surface area contributed by atoms with Crippen LogP contribution in [0.2, 0.25) is 0 Å². The van der Waals surface area contributed by atoms with Crippen LogP contribution >= 0.6 is 0 Å². The molecule has 4 rings (SSSR count). The number of carbonyl (C=O) groups excluding carboxylic acids is 3. The van der Waals surface area contributed by atoms with Gasteiger partial charge in [0.15, 0.2) is 0 Å². The Bertz CT molecular complexity index is 936. The van der Waals surface area contributed by atoms with Gasteiger partial charge in [-0.2, -0.15) is 0 Å². The van der Waals surface area contributed by atoms with E-state index in [2.05, 4.69) is 72.5 Å². The van der Waals surface area contributed by atoms with Crippen molar-refractivity contribution < 1.29 is 14.4 Å². The Hall–Kier alpha value is -2.45. The number of carbonyl (C=O) groups is 3. The summed E-state index contributed by atoms with van der Waals surface area (Å²) in [6.07, 6.45) is 3.08. The zero-order valence-corrected chi connectivity index (χ0v) is 21.7. The Labute approximate surface area is 209 Å². The molecule has 192 valence electrons. The van der Waals surface area contributed by atoms with Crippen molar-refractivity contribution in [3.8, 4) is 0 Å². The van der Waals surface area contributed by atoms with Crippen LogP contribution in [0, 0.1) is 11.3 Å². The first-order valence-corrected chi connectivity index (χ1v) is 13.0. The zero-order valence-electron chi connectivity index (χ0n) is 21.7. The van der Waals surface area contributed by atoms with Gasteiger partial charge in [0.25, 0.3) is 5.91 Å². The first-order chi connectivity index (χ1) is 16.6. The number of likely N-dealkylation sites (N-methyl/N-ethyl adjacent to an activating group) is 1. The van der Waals surface area contributed by atoms with Gasteiger partial charge < -0.3 is 15.5 Å². The fraction of sp³-hybridized carbons (Fsp3) is 0.667. The van der Waals surface area contributed by atoms with Crippen molar-refractivity contribution in [2.45, 2.75) is 58.0 Å². The number of nitrogens with one attached hydrogen (secondary N) is 2. The number of piperazine rings is 1. The lowest BCUT2D eigenvalue weighted by molar-refractivity contribution is -0.137. The molecule has 1 aliphatic carbocycles. The molecule has 1 aromatic carbocycles. The quantitative estimate of drug-likeness (QED) is 0.460. The number of imide groups is 1. The van der Waals surface area contributed by atoms with Crippen LogP contribution in [0.25, 0.3) is 0 Å². The summed E-state index contributed by atoms with van der Waals surface area (Å²) in [6.45, 7) is 10.6. The number of benzene rings is 1. The normalized spacial score (nSPS) is 29.4. The molecule has 2 saturated heterocycles. The van der Waals surface area contributed by atoms with E-state index in [4.69, 9.17) is 0 Å². The minimum Gasteiger partial charge on any atom is -0.354 e. The molecule has 1 spiro atoms. The average molecular weight is 484 g/mol. The van der Waals surface area contributed by atoms with E-state index in [9.17, 15) is 14.4 Å². The maximum Gasteiger partial charge on any atom is 0.325 e. The van der Waals surface area contributed by atoms with Crippen molar-refractivity contribution in [3.63, 3.8) is 0 Å². The number of urea groups is 1. The molecular formula is C27H41N5O3. The molecule has 3 atom stereocenters. The van der Waals surface area contributed by atoms with Crippen molar-refractivity contribution in [3.05, 3.63) is 35.9 Å². The van der Waals surface area contributed by atoms with E-state index in [-0.39, 0.29) is 23.8 Å². The van der Waals surface area contributed by atoms with Crippen LogP contribution in [0.5, 0.6) is 0 Å². The van der Waals surface area contributed by atoms with Gasteiger partial charge in [0, 0.05) is 38.8 Å². The monoisotopic (exact) mass is 483 g/mol. The molecule has 3 unspecified atom stereocenters. The van der Waals surface area contributed by atoms with Crippen molar-refractivity contribution in [2.75, 3.05) is 46.3 Å². The van der Waals surface area contributed by atoms with Crippen LogP contribution in [0.3, 0.4) is 0 Å². The van der Waals surface area contributed by atoms with Gasteiger partial charge in [0.2, 0.25) is 5.91 Å². The van der Waals surface area contributed by atoms with Crippen LogP contribution in [-0.2, 0) is 9.59 Å². The fourth-order valence-corrected chi connectivity index (χ4v) is 6.58. The number of amides is 4. The van der Waals surface area contributed by atoms with Crippen molar-refractivity contribution >= 4 is 17.8 Å². The smallest absolute Gasteiger partial charge is 0.325 e. The van der Waals surface area contributed by atoms with Gasteiger partial charge in [-0.25, -0.2) is 4.79 Å². The lowest BCUT2D eigenvalue weighted by Gasteiger charge is -2.43. The topological polar surface area (TPSA) is 85.0 Å². The summed E-state index contributed by atoms with van der Waals surface area (Å²) in [7, 11) is 2.16. The minimum absolute atomic E-state index is 0.0280. The van der Waals surface area contributed by atoms with Crippen molar-refractivity contribution in [1.29, 1.82) is 0 Å². The molecule has 35 heavy (non-hydrogen) atoms. The Kier molecular flexibility index (Phi) is 7.52. The molecule has 0 aromatic heterocycles. The van der Waals surface area contributed by atoms with Gasteiger partial charge in [0.1, 0.15) is 12.1 Å². The van der Waals surface area contributed by atoms with E-state index in [1.807, 2.05) is 6.07 Å². The Morgan fingerprint density at radius 2 is 1.89 bits per heavy atom. The summed E-state index contributed by atoms with van der Waals surface area (Å²) >= 11 is 0. The molecule has 2 aliphatic heterocycles. The Balaban J connectivity index is 1.26. The van der Waals surface area contributed by atoms with Gasteiger partial charge in [-0.15, -0.1) is 0 Å². The van der Waals surface area contributed by atoms with E-state index in [0.717, 1.165) is 43.9 Å². The third-order valence-corrected chi connectivity index (χ3v) is 7.75. The molecule has 3 aliphatic rings. The highest BCUT2D eigenvalue weighted by Gasteiger charge is 2.56. The Morgan fingerprint density at radius 1 is 1.14 bits per heavy atom. The third-order valence-electron chi connectivity index (χ3n) is 7.75. The summed E-state index contributed by atoms with van der Waals surface area (Å²) in [4.78, 5) is 44.5. The van der Waals surface area contributed by atoms with Crippen LogP contribution in [0.1, 0.15) is 58.1 Å². The van der Waals surface area contributed by atoms with Crippen molar-refractivity contribution in [2.24, 2.45) is 11.3 Å². The lowest BCUT2D eigenvalue weighted by atomic mass is 9.64. The first-order valence-electron chi connectivity index (χ1n) is 13.0. The molecule has 1 saturated carbocycles. The highest BCUT2D eigenvalue weighted by atomic mass is 16.2. The second-order valence-electron chi connectivity index (χ2n) is 11.7. The number of rotatable bonds is 7. The molecular weight excluding hydrogens is 442 g/mol. The molecule has 4 amide bonds. The van der Waals surface area contributed by atoms with E-state index in [1.54, 1.807) is 0 Å². The third kappa shape index (κ3) is 5.86. The second-order valence-corrected chi connectivity index (χ2v) is 11.7. The van der Waals surface area contributed by atoms with Gasteiger partial charge >= 0.3 is 6.03 Å². The highest BCUT2D eigenvalue weighted by molar-refractivity contribution is 6.09. The zero-order chi connectivity index (χ0) is 25.2. The largest absolute Gasteiger partial charge is 0.354 e. The molecule has 1 aromatic rings. The first kappa shape index (κ1) is 25.6. The van der Waals surface area contributed by atoms with Gasteiger partial charge in [0.05, 0.1) is 0 Å². The summed E-state index contributed by atoms with van der Waals surface area (Å²) in [5, 5.41) is 5.86. The summed E-state index contributed by atoms with van der Waals surface area (Å²) in [5.74, 6) is -0.196. The van der Waals surface area contributed by atoms with Gasteiger partial charge in [-0.1, -0.05) is 51.1 Å². The summed E-state index contributed by atoms with van der Waals surface area (Å²) in [6, 6.07) is 10.5. The lowest BCUT2D eigenvalue weighted by Crippen LogP contribution is -2.54. The minimum atomic E-state index is -0.869. The van der Waals surface area contributed by atoms with Crippen LogP contribution < -0.4 is 10.6 Å². The van der Waals surface area contributed by atoms with E-state index in [1.165, 1.54) is 5.56 Å². The molecule has 8 heteroatoms. The molecule has 3 fully saturated rings. The molecule has 8 nitrogen and oxygen atoms in total. The SMILES string of the molecule is CC1CC(C)(C)CC2(C1)NC(=O)N(CC(=O)NCCCN1CCN(C)CC1c1ccccc1)C2=O. The predicted octanol–water partition coefficient (Wildman–Crippen LogP) is 2.62. The predicted molar refractivity (Wildman–Crippen MR) is 136 cm³/mol. The van der Waals surface area contributed by atoms with Crippen molar-refractivity contribution in [1.82, 2.24) is 25.3 Å². The number of hydrogen-bond acceptors (Lipinski definition) is 5. The number of nitrogens with zero attached hydrogens (tertiary/aromatic N) is 3. The number of hydrogen-bond donors (Lipinski definition) is 2. The maximum atomic E-state index is 13.2.